The van der Waals surface area contributed by atoms with E-state index in [0.717, 1.165) is 36.4 Å². The van der Waals surface area contributed by atoms with Crippen LogP contribution < -0.4 is 5.32 Å². The van der Waals surface area contributed by atoms with Gasteiger partial charge in [0.25, 0.3) is 0 Å². The van der Waals surface area contributed by atoms with Crippen LogP contribution in [-0.2, 0) is 4.79 Å². The molecule has 7 heteroatoms. The molecule has 0 spiro atoms. The van der Waals surface area contributed by atoms with Crippen molar-refractivity contribution >= 4 is 41.1 Å². The van der Waals surface area contributed by atoms with E-state index in [1.165, 1.54) is 12.8 Å². The van der Waals surface area contributed by atoms with Crippen molar-refractivity contribution in [1.82, 2.24) is 20.2 Å². The maximum atomic E-state index is 12.6. The normalized spacial score (nSPS) is 24.0. The molecule has 2 fully saturated rings. The molecule has 3 atom stereocenters. The lowest BCUT2D eigenvalue weighted by Crippen LogP contribution is -2.40. The number of hydrogen-bond acceptors (Lipinski definition) is 4. The summed E-state index contributed by atoms with van der Waals surface area (Å²) in [4.78, 5) is 22.6. The van der Waals surface area contributed by atoms with Gasteiger partial charge in [0.2, 0.25) is 5.91 Å². The van der Waals surface area contributed by atoms with Crippen molar-refractivity contribution in [2.45, 2.75) is 43.5 Å². The first-order chi connectivity index (χ1) is 11.7. The van der Waals surface area contributed by atoms with E-state index in [1.54, 1.807) is 11.8 Å². The zero-order valence-corrected chi connectivity index (χ0v) is 16.0. The highest BCUT2D eigenvalue weighted by Gasteiger charge is 2.31. The van der Waals surface area contributed by atoms with Crippen molar-refractivity contribution in [1.29, 1.82) is 0 Å². The molecule has 1 aromatic carbocycles. The molecule has 136 valence electrons. The van der Waals surface area contributed by atoms with Gasteiger partial charge in [-0.15, -0.1) is 24.2 Å². The van der Waals surface area contributed by atoms with Gasteiger partial charge >= 0.3 is 0 Å². The molecule has 3 unspecified atom stereocenters. The van der Waals surface area contributed by atoms with Gasteiger partial charge < -0.3 is 15.2 Å². The van der Waals surface area contributed by atoms with E-state index >= 15 is 0 Å². The molecule has 2 aliphatic heterocycles. The lowest BCUT2D eigenvalue weighted by Gasteiger charge is -2.24. The predicted molar refractivity (Wildman–Crippen MR) is 105 cm³/mol. The van der Waals surface area contributed by atoms with Crippen molar-refractivity contribution in [2.75, 3.05) is 18.8 Å². The molecule has 1 amide bonds. The lowest BCUT2D eigenvalue weighted by atomic mass is 10.1. The number of nitrogens with one attached hydrogen (secondary N) is 2. The van der Waals surface area contributed by atoms with Crippen LogP contribution in [0.15, 0.2) is 24.3 Å². The van der Waals surface area contributed by atoms with E-state index in [0.29, 0.717) is 17.8 Å². The zero-order valence-electron chi connectivity index (χ0n) is 14.4. The number of nitrogens with zero attached hydrogens (tertiary/aromatic N) is 2. The molecular formula is C18H25ClN4OS. The summed E-state index contributed by atoms with van der Waals surface area (Å²) in [6.07, 6.45) is 3.56. The third-order valence-corrected chi connectivity index (χ3v) is 6.26. The quantitative estimate of drug-likeness (QED) is 0.855. The lowest BCUT2D eigenvalue weighted by molar-refractivity contribution is -0.128. The first kappa shape index (κ1) is 18.5. The molecule has 2 aliphatic rings. The zero-order chi connectivity index (χ0) is 16.5. The SMILES string of the molecule is CC(SCC(=O)N1CCC2CCC(C1)N2)c1nc2ccccc2[nH]1.Cl. The smallest absolute Gasteiger partial charge is 0.232 e. The summed E-state index contributed by atoms with van der Waals surface area (Å²) in [5.74, 6) is 1.73. The molecule has 25 heavy (non-hydrogen) atoms. The summed E-state index contributed by atoms with van der Waals surface area (Å²) in [5, 5.41) is 3.81. The molecule has 2 bridgehead atoms. The van der Waals surface area contributed by atoms with Crippen LogP contribution in [-0.4, -0.2) is 51.7 Å². The number of carbonyl (C=O) groups is 1. The number of H-pyrrole nitrogens is 1. The number of aromatic amines is 1. The monoisotopic (exact) mass is 380 g/mol. The molecule has 1 aromatic heterocycles. The summed E-state index contributed by atoms with van der Waals surface area (Å²) < 4.78 is 0. The van der Waals surface area contributed by atoms with E-state index in [4.69, 9.17) is 0 Å². The summed E-state index contributed by atoms with van der Waals surface area (Å²) >= 11 is 1.67. The minimum Gasteiger partial charge on any atom is -0.341 e. The number of halogens is 1. The van der Waals surface area contributed by atoms with E-state index in [9.17, 15) is 4.79 Å². The fourth-order valence-electron chi connectivity index (χ4n) is 3.70. The Morgan fingerprint density at radius 3 is 2.96 bits per heavy atom. The van der Waals surface area contributed by atoms with Gasteiger partial charge in [0.05, 0.1) is 22.0 Å². The fourth-order valence-corrected chi connectivity index (χ4v) is 4.55. The number of para-hydroxylation sites is 2. The van der Waals surface area contributed by atoms with Crippen molar-refractivity contribution in [3.05, 3.63) is 30.1 Å². The number of hydrogen-bond donors (Lipinski definition) is 2. The van der Waals surface area contributed by atoms with Gasteiger partial charge in [0, 0.05) is 25.2 Å². The van der Waals surface area contributed by atoms with Gasteiger partial charge in [-0.2, -0.15) is 0 Å². The van der Waals surface area contributed by atoms with E-state index in [2.05, 4.69) is 27.1 Å². The maximum Gasteiger partial charge on any atom is 0.232 e. The third kappa shape index (κ3) is 4.13. The van der Waals surface area contributed by atoms with Crippen LogP contribution in [0, 0.1) is 0 Å². The minimum atomic E-state index is 0. The molecule has 0 saturated carbocycles. The van der Waals surface area contributed by atoms with Crippen molar-refractivity contribution < 1.29 is 4.79 Å². The summed E-state index contributed by atoms with van der Waals surface area (Å²) in [5.41, 5.74) is 2.04. The Bertz CT molecular complexity index is 704. The summed E-state index contributed by atoms with van der Waals surface area (Å²) in [7, 11) is 0. The number of rotatable bonds is 4. The van der Waals surface area contributed by atoms with Crippen LogP contribution in [0.3, 0.4) is 0 Å². The summed E-state index contributed by atoms with van der Waals surface area (Å²) in [6, 6.07) is 9.17. The highest BCUT2D eigenvalue weighted by atomic mass is 35.5. The Morgan fingerprint density at radius 2 is 2.12 bits per heavy atom. The van der Waals surface area contributed by atoms with Crippen LogP contribution in [0.4, 0.5) is 0 Å². The van der Waals surface area contributed by atoms with Crippen LogP contribution in [0.1, 0.15) is 37.3 Å². The number of benzene rings is 1. The molecule has 0 radical (unpaired) electrons. The van der Waals surface area contributed by atoms with E-state index in [1.807, 2.05) is 24.3 Å². The molecule has 2 saturated heterocycles. The fraction of sp³-hybridized carbons (Fsp3) is 0.556. The van der Waals surface area contributed by atoms with Gasteiger partial charge in [-0.3, -0.25) is 4.79 Å². The summed E-state index contributed by atoms with van der Waals surface area (Å²) in [6.45, 7) is 3.88. The molecule has 2 aromatic rings. The number of aromatic nitrogens is 2. The first-order valence-corrected chi connectivity index (χ1v) is 9.84. The largest absolute Gasteiger partial charge is 0.341 e. The molecule has 2 N–H and O–H groups in total. The number of thioether (sulfide) groups is 1. The Balaban J connectivity index is 0.00000182. The van der Waals surface area contributed by atoms with Crippen molar-refractivity contribution in [3.8, 4) is 0 Å². The predicted octanol–water partition coefficient (Wildman–Crippen LogP) is 3.13. The Hall–Kier alpha value is -1.24. The van der Waals surface area contributed by atoms with Gasteiger partial charge in [0.15, 0.2) is 0 Å². The molecule has 0 aliphatic carbocycles. The number of fused-ring (bicyclic) bond motifs is 3. The molecular weight excluding hydrogens is 356 g/mol. The van der Waals surface area contributed by atoms with Crippen molar-refractivity contribution in [2.24, 2.45) is 0 Å². The topological polar surface area (TPSA) is 61.0 Å². The Morgan fingerprint density at radius 1 is 1.32 bits per heavy atom. The van der Waals surface area contributed by atoms with Crippen LogP contribution in [0.2, 0.25) is 0 Å². The van der Waals surface area contributed by atoms with Crippen LogP contribution in [0.5, 0.6) is 0 Å². The number of likely N-dealkylation sites (tertiary alicyclic amines) is 1. The Kier molecular flexibility index (Phi) is 5.92. The molecule has 5 nitrogen and oxygen atoms in total. The number of imidazole rings is 1. The third-order valence-electron chi connectivity index (χ3n) is 5.13. The van der Waals surface area contributed by atoms with Crippen LogP contribution in [0.25, 0.3) is 11.0 Å². The number of carbonyl (C=O) groups excluding carboxylic acids is 1. The van der Waals surface area contributed by atoms with Gasteiger partial charge in [-0.25, -0.2) is 4.98 Å². The van der Waals surface area contributed by atoms with E-state index in [-0.39, 0.29) is 23.6 Å². The second-order valence-electron chi connectivity index (χ2n) is 6.86. The van der Waals surface area contributed by atoms with E-state index < -0.39 is 0 Å². The minimum absolute atomic E-state index is 0. The van der Waals surface area contributed by atoms with Gasteiger partial charge in [-0.1, -0.05) is 12.1 Å². The maximum absolute atomic E-state index is 12.6. The average Bonchev–Trinajstić information content (AvgIpc) is 3.15. The number of amides is 1. The van der Waals surface area contributed by atoms with Crippen molar-refractivity contribution in [3.63, 3.8) is 0 Å². The molecule has 4 rings (SSSR count). The first-order valence-electron chi connectivity index (χ1n) is 8.79. The standard InChI is InChI=1S/C18H24N4OS.ClH/c1-12(18-20-15-4-2-3-5-16(15)21-18)24-11-17(23)22-9-8-13-6-7-14(10-22)19-13;/h2-5,12-14,19H,6-11H2,1H3,(H,20,21);1H. The van der Waals surface area contributed by atoms with Gasteiger partial charge in [0.1, 0.15) is 5.82 Å². The highest BCUT2D eigenvalue weighted by molar-refractivity contribution is 8.00. The van der Waals surface area contributed by atoms with Gasteiger partial charge in [-0.05, 0) is 38.3 Å². The average molecular weight is 381 g/mol. The Labute approximate surface area is 158 Å². The van der Waals surface area contributed by atoms with Crippen LogP contribution >= 0.6 is 24.2 Å². The highest BCUT2D eigenvalue weighted by Crippen LogP contribution is 2.28. The second kappa shape index (κ2) is 7.98. The second-order valence-corrected chi connectivity index (χ2v) is 8.19. The molecule has 3 heterocycles.